The van der Waals surface area contributed by atoms with Gasteiger partial charge in [0.05, 0.1) is 7.06 Å². The van der Waals surface area contributed by atoms with Gasteiger partial charge in [0.2, 0.25) is 0 Å². The van der Waals surface area contributed by atoms with Crippen LogP contribution < -0.4 is 20.7 Å². The average molecular weight is 300 g/mol. The molecule has 2 aliphatic heterocycles. The molecular formula is C15H17N5O2. The van der Waals surface area contributed by atoms with Gasteiger partial charge in [-0.1, -0.05) is 0 Å². The van der Waals surface area contributed by atoms with Gasteiger partial charge in [-0.05, 0) is 19.1 Å². The lowest BCUT2D eigenvalue weighted by Crippen LogP contribution is -2.64. The molecular weight excluding hydrogens is 282 g/mol. The summed E-state index contributed by atoms with van der Waals surface area (Å²) in [6.45, 7) is 3.23. The molecule has 1 saturated heterocycles. The van der Waals surface area contributed by atoms with Gasteiger partial charge in [0, 0.05) is 37.7 Å². The van der Waals surface area contributed by atoms with Crippen LogP contribution in [-0.2, 0) is 4.79 Å². The molecule has 2 aromatic rings. The Morgan fingerprint density at radius 1 is 1.41 bits per heavy atom. The average Bonchev–Trinajstić information content (AvgIpc) is 2.51. The summed E-state index contributed by atoms with van der Waals surface area (Å²) in [7, 11) is 1.63. The number of nitrogens with one attached hydrogen (secondary N) is 2. The molecule has 0 spiro atoms. The van der Waals surface area contributed by atoms with Crippen molar-refractivity contribution in [3.05, 3.63) is 28.7 Å². The molecule has 4 heterocycles. The van der Waals surface area contributed by atoms with E-state index >= 15 is 0 Å². The third-order valence-electron chi connectivity index (χ3n) is 4.43. The number of H-pyrrole nitrogens is 1. The van der Waals surface area contributed by atoms with Gasteiger partial charge >= 0.3 is 0 Å². The molecule has 0 radical (unpaired) electrons. The minimum absolute atomic E-state index is 0.0909. The number of likely N-dealkylation sites (N-methyl/N-ethyl adjacent to an activating group) is 1. The van der Waals surface area contributed by atoms with Crippen molar-refractivity contribution in [3.8, 4) is 0 Å². The van der Waals surface area contributed by atoms with E-state index in [4.69, 9.17) is 1.37 Å². The van der Waals surface area contributed by atoms with Crippen molar-refractivity contribution in [1.29, 1.82) is 0 Å². The van der Waals surface area contributed by atoms with E-state index in [1.54, 1.807) is 19.2 Å². The van der Waals surface area contributed by atoms with Gasteiger partial charge < -0.3 is 20.1 Å². The number of anilines is 2. The van der Waals surface area contributed by atoms with Crippen LogP contribution in [0.4, 0.5) is 11.4 Å². The molecule has 0 aliphatic carbocycles. The summed E-state index contributed by atoms with van der Waals surface area (Å²) < 4.78 is 7.65. The first-order valence-electron chi connectivity index (χ1n) is 7.78. The number of nitrogens with zero attached hydrogens (tertiary/aromatic N) is 3. The zero-order valence-electron chi connectivity index (χ0n) is 13.4. The number of fused-ring (bicyclic) bond motifs is 5. The summed E-state index contributed by atoms with van der Waals surface area (Å²) in [6, 6.07) is 3.27. The number of amides is 1. The highest BCUT2D eigenvalue weighted by Gasteiger charge is 2.41. The van der Waals surface area contributed by atoms with E-state index in [9.17, 15) is 9.59 Å². The van der Waals surface area contributed by atoms with Crippen molar-refractivity contribution >= 4 is 28.3 Å². The molecule has 114 valence electrons. The van der Waals surface area contributed by atoms with Crippen LogP contribution in [0.25, 0.3) is 11.0 Å². The summed E-state index contributed by atoms with van der Waals surface area (Å²) in [4.78, 5) is 35.4. The van der Waals surface area contributed by atoms with Crippen molar-refractivity contribution in [1.82, 2.24) is 15.3 Å². The molecule has 2 aromatic heterocycles. The van der Waals surface area contributed by atoms with Crippen LogP contribution in [0.2, 0.25) is 0 Å². The summed E-state index contributed by atoms with van der Waals surface area (Å²) in [5, 5.41) is 4.07. The zero-order chi connectivity index (χ0) is 16.3. The first-order valence-corrected chi connectivity index (χ1v) is 7.28. The van der Waals surface area contributed by atoms with E-state index in [0.717, 1.165) is 11.1 Å². The topological polar surface area (TPSA) is 81.3 Å². The molecule has 7 nitrogen and oxygen atoms in total. The lowest BCUT2D eigenvalue weighted by Gasteiger charge is -2.46. The fraction of sp³-hybridized carbons (Fsp3) is 0.400. The number of aromatic amines is 1. The Morgan fingerprint density at radius 2 is 2.23 bits per heavy atom. The number of piperazine rings is 1. The number of hydrogen-bond acceptors (Lipinski definition) is 5. The van der Waals surface area contributed by atoms with Gasteiger partial charge in [-0.2, -0.15) is 0 Å². The minimum Gasteiger partial charge on any atom is -0.354 e. The van der Waals surface area contributed by atoms with E-state index in [0.29, 0.717) is 24.4 Å². The fourth-order valence-corrected chi connectivity index (χ4v) is 3.36. The third-order valence-corrected chi connectivity index (χ3v) is 4.43. The Balaban J connectivity index is 2.06. The Hall–Kier alpha value is -2.41. The number of pyridine rings is 2. The summed E-state index contributed by atoms with van der Waals surface area (Å²) in [5.74, 6) is -0.0909. The van der Waals surface area contributed by atoms with E-state index in [1.165, 1.54) is 4.90 Å². The molecule has 22 heavy (non-hydrogen) atoms. The quantitative estimate of drug-likeness (QED) is 0.719. The van der Waals surface area contributed by atoms with Crippen LogP contribution >= 0.6 is 0 Å². The largest absolute Gasteiger partial charge is 0.354 e. The van der Waals surface area contributed by atoms with Crippen LogP contribution in [0.3, 0.4) is 0 Å². The molecule has 0 aromatic carbocycles. The predicted octanol–water partition coefficient (Wildman–Crippen LogP) is 0.0662. The van der Waals surface area contributed by atoms with Crippen LogP contribution in [0.5, 0.6) is 0 Å². The van der Waals surface area contributed by atoms with Gasteiger partial charge in [-0.3, -0.25) is 9.59 Å². The molecule has 7 heteroatoms. The van der Waals surface area contributed by atoms with Crippen LogP contribution in [0.1, 0.15) is 8.29 Å². The second kappa shape index (κ2) is 4.54. The van der Waals surface area contributed by atoms with E-state index in [-0.39, 0.29) is 29.7 Å². The second-order valence-corrected chi connectivity index (χ2v) is 5.86. The zero-order valence-corrected chi connectivity index (χ0v) is 12.4. The fourth-order valence-electron chi connectivity index (χ4n) is 3.36. The molecule has 2 atom stereocenters. The standard InChI is InChI=1S/C15H17N5O2/c1-8-7-20-10(6-17-8)15(22)19(2)12-11(20)9-4-3-5-16-13(9)18-14(12)21/h3-5,8,10,17H,6-7H2,1-2H3,(H,16,18,21)/i5D. The Kier molecular flexibility index (Phi) is 2.51. The maximum atomic E-state index is 12.6. The number of carbonyl (C=O) groups is 1. The smallest absolute Gasteiger partial charge is 0.275 e. The lowest BCUT2D eigenvalue weighted by molar-refractivity contribution is -0.120. The van der Waals surface area contributed by atoms with Gasteiger partial charge in [-0.25, -0.2) is 4.98 Å². The molecule has 2 unspecified atom stereocenters. The van der Waals surface area contributed by atoms with Crippen LogP contribution in [0.15, 0.2) is 23.1 Å². The van der Waals surface area contributed by atoms with Gasteiger partial charge in [0.1, 0.15) is 17.4 Å². The second-order valence-electron chi connectivity index (χ2n) is 5.86. The normalized spacial score (nSPS) is 25.0. The number of hydrogen-bond donors (Lipinski definition) is 2. The Labute approximate surface area is 128 Å². The molecule has 0 saturated carbocycles. The third kappa shape index (κ3) is 1.69. The highest BCUT2D eigenvalue weighted by molar-refractivity contribution is 6.10. The molecule has 4 rings (SSSR count). The first-order chi connectivity index (χ1) is 11.0. The molecule has 2 aliphatic rings. The van der Waals surface area contributed by atoms with E-state index in [1.807, 2.05) is 11.8 Å². The number of rotatable bonds is 0. The van der Waals surface area contributed by atoms with Gasteiger partial charge in [0.25, 0.3) is 11.5 Å². The summed E-state index contributed by atoms with van der Waals surface area (Å²) >= 11 is 0. The first kappa shape index (κ1) is 12.2. The maximum absolute atomic E-state index is 12.6. The monoisotopic (exact) mass is 300 g/mol. The molecule has 0 bridgehead atoms. The molecule has 1 fully saturated rings. The predicted molar refractivity (Wildman–Crippen MR) is 84.4 cm³/mol. The Bertz CT molecular complexity index is 880. The molecule has 1 amide bonds. The van der Waals surface area contributed by atoms with Gasteiger partial charge in [-0.15, -0.1) is 0 Å². The minimum atomic E-state index is -0.355. The van der Waals surface area contributed by atoms with Crippen molar-refractivity contribution in [2.45, 2.75) is 19.0 Å². The Morgan fingerprint density at radius 3 is 3.05 bits per heavy atom. The lowest BCUT2D eigenvalue weighted by atomic mass is 10.0. The van der Waals surface area contributed by atoms with E-state index < -0.39 is 0 Å². The van der Waals surface area contributed by atoms with Crippen molar-refractivity contribution in [3.63, 3.8) is 0 Å². The van der Waals surface area contributed by atoms with Gasteiger partial charge in [0.15, 0.2) is 0 Å². The van der Waals surface area contributed by atoms with Crippen molar-refractivity contribution < 1.29 is 6.17 Å². The van der Waals surface area contributed by atoms with E-state index in [2.05, 4.69) is 15.3 Å². The van der Waals surface area contributed by atoms with Crippen LogP contribution in [0, 0.1) is 0 Å². The van der Waals surface area contributed by atoms with Crippen molar-refractivity contribution in [2.24, 2.45) is 0 Å². The molecule has 2 N–H and O–H groups in total. The highest BCUT2D eigenvalue weighted by atomic mass is 16.2. The number of aromatic nitrogens is 2. The number of carbonyl (C=O) groups excluding carboxylic acids is 1. The summed E-state index contributed by atoms with van der Waals surface area (Å²) in [6.07, 6.45) is 0.0959. The highest BCUT2D eigenvalue weighted by Crippen LogP contribution is 2.38. The van der Waals surface area contributed by atoms with Crippen molar-refractivity contribution in [2.75, 3.05) is 29.9 Å². The van der Waals surface area contributed by atoms with Crippen LogP contribution in [-0.4, -0.2) is 48.1 Å². The maximum Gasteiger partial charge on any atom is 0.275 e. The summed E-state index contributed by atoms with van der Waals surface area (Å²) in [5.41, 5.74) is 1.11. The SMILES string of the molecule is [2H]c1ccc2c3c(c(=O)[nH]c2n1)N(C)C(=O)C1CNC(C)CN31.